The first kappa shape index (κ1) is 17.2. The zero-order valence-electron chi connectivity index (χ0n) is 11.8. The Bertz CT molecular complexity index is 330. The van der Waals surface area contributed by atoms with Crippen LogP contribution >= 0.6 is 0 Å². The maximum Gasteiger partial charge on any atom is 0.325 e. The topological polar surface area (TPSA) is 95.9 Å². The number of carboxylic acid groups (broad SMARTS) is 1. The molecule has 7 heteroatoms. The highest BCUT2D eigenvalue weighted by Gasteiger charge is 2.23. The summed E-state index contributed by atoms with van der Waals surface area (Å²) in [5.74, 6) is -1.51. The molecule has 0 rings (SSSR count). The Morgan fingerprint density at radius 1 is 1.32 bits per heavy atom. The lowest BCUT2D eigenvalue weighted by Gasteiger charge is -2.26. The predicted octanol–water partition coefficient (Wildman–Crippen LogP) is 0.690. The predicted molar refractivity (Wildman–Crippen MR) is 68.7 cm³/mol. The maximum absolute atomic E-state index is 11.9. The number of hydrogen-bond donors (Lipinski definition) is 2. The summed E-state index contributed by atoms with van der Waals surface area (Å²) in [6, 6.07) is -0.940. The number of nitrogens with one attached hydrogen (secondary N) is 1. The van der Waals surface area contributed by atoms with E-state index in [0.29, 0.717) is 6.54 Å². The number of carboxylic acids is 1. The Morgan fingerprint density at radius 2 is 1.89 bits per heavy atom. The molecule has 0 spiro atoms. The van der Waals surface area contributed by atoms with Gasteiger partial charge in [-0.15, -0.1) is 0 Å². The van der Waals surface area contributed by atoms with Gasteiger partial charge in [0, 0.05) is 12.6 Å². The van der Waals surface area contributed by atoms with E-state index < -0.39 is 24.0 Å². The smallest absolute Gasteiger partial charge is 0.325 e. The van der Waals surface area contributed by atoms with Crippen LogP contribution in [0, 0.1) is 5.92 Å². The summed E-state index contributed by atoms with van der Waals surface area (Å²) >= 11 is 0. The molecule has 1 unspecified atom stereocenters. The number of hydrogen-bond acceptors (Lipinski definition) is 4. The fourth-order valence-electron chi connectivity index (χ4n) is 1.44. The molecule has 19 heavy (non-hydrogen) atoms. The molecule has 1 atom stereocenters. The summed E-state index contributed by atoms with van der Waals surface area (Å²) in [4.78, 5) is 35.1. The van der Waals surface area contributed by atoms with Gasteiger partial charge in [-0.2, -0.15) is 0 Å². The van der Waals surface area contributed by atoms with Crippen molar-refractivity contribution < 1.29 is 24.2 Å². The van der Waals surface area contributed by atoms with E-state index in [-0.39, 0.29) is 18.9 Å². The second-order valence-corrected chi connectivity index (χ2v) is 4.49. The minimum absolute atomic E-state index is 0.0168. The van der Waals surface area contributed by atoms with Gasteiger partial charge >= 0.3 is 18.0 Å². The molecule has 110 valence electrons. The summed E-state index contributed by atoms with van der Waals surface area (Å²) in [6.07, 6.45) is -0.154. The Labute approximate surface area is 112 Å². The molecule has 0 aromatic carbocycles. The zero-order valence-corrected chi connectivity index (χ0v) is 11.8. The molecule has 0 radical (unpaired) electrons. The van der Waals surface area contributed by atoms with Crippen molar-refractivity contribution in [1.82, 2.24) is 10.2 Å². The molecule has 2 N–H and O–H groups in total. The number of rotatable bonds is 7. The second-order valence-electron chi connectivity index (χ2n) is 4.49. The molecular formula is C12H22N2O5. The number of carbonyl (C=O) groups excluding carboxylic acids is 2. The van der Waals surface area contributed by atoms with Crippen molar-refractivity contribution in [1.29, 1.82) is 0 Å². The molecule has 7 nitrogen and oxygen atoms in total. The van der Waals surface area contributed by atoms with E-state index in [1.165, 1.54) is 12.0 Å². The molecule has 0 aromatic heterocycles. The average Bonchev–Trinajstić information content (AvgIpc) is 2.33. The molecule has 0 bridgehead atoms. The monoisotopic (exact) mass is 274 g/mol. The highest BCUT2D eigenvalue weighted by Crippen LogP contribution is 2.07. The van der Waals surface area contributed by atoms with Crippen molar-refractivity contribution in [2.24, 2.45) is 5.92 Å². The Kier molecular flexibility index (Phi) is 7.55. The SMILES string of the molecule is CCN(CC(=O)OC)C(=O)NC(CC(=O)O)C(C)C. The van der Waals surface area contributed by atoms with Crippen LogP contribution in [0.1, 0.15) is 27.2 Å². The summed E-state index contributed by atoms with van der Waals surface area (Å²) in [5.41, 5.74) is 0. The largest absolute Gasteiger partial charge is 0.481 e. The van der Waals surface area contributed by atoms with Gasteiger partial charge in [0.05, 0.1) is 13.5 Å². The second kappa shape index (κ2) is 8.34. The third kappa shape index (κ3) is 6.64. The lowest BCUT2D eigenvalue weighted by molar-refractivity contribution is -0.141. The number of carbonyl (C=O) groups is 3. The Morgan fingerprint density at radius 3 is 2.26 bits per heavy atom. The quantitative estimate of drug-likeness (QED) is 0.666. The van der Waals surface area contributed by atoms with Crippen LogP contribution in [-0.4, -0.2) is 54.2 Å². The molecule has 2 amide bonds. The average molecular weight is 274 g/mol. The minimum atomic E-state index is -0.977. The van der Waals surface area contributed by atoms with Crippen molar-refractivity contribution in [2.75, 3.05) is 20.2 Å². The fourth-order valence-corrected chi connectivity index (χ4v) is 1.44. The zero-order chi connectivity index (χ0) is 15.0. The van der Waals surface area contributed by atoms with Crippen LogP contribution in [0.4, 0.5) is 4.79 Å². The first-order chi connectivity index (χ1) is 8.81. The van der Waals surface area contributed by atoms with Crippen LogP contribution in [0.2, 0.25) is 0 Å². The van der Waals surface area contributed by atoms with Gasteiger partial charge in [0.1, 0.15) is 6.54 Å². The van der Waals surface area contributed by atoms with Gasteiger partial charge in [-0.1, -0.05) is 13.8 Å². The summed E-state index contributed by atoms with van der Waals surface area (Å²) < 4.78 is 4.49. The van der Waals surface area contributed by atoms with E-state index in [9.17, 15) is 14.4 Å². The van der Waals surface area contributed by atoms with E-state index >= 15 is 0 Å². The number of ether oxygens (including phenoxy) is 1. The van der Waals surface area contributed by atoms with Gasteiger partial charge in [0.15, 0.2) is 0 Å². The number of nitrogens with zero attached hydrogens (tertiary/aromatic N) is 1. The third-order valence-corrected chi connectivity index (χ3v) is 2.72. The third-order valence-electron chi connectivity index (χ3n) is 2.72. The van der Waals surface area contributed by atoms with Crippen LogP contribution in [0.5, 0.6) is 0 Å². The van der Waals surface area contributed by atoms with Crippen molar-refractivity contribution in [3.05, 3.63) is 0 Å². The molecule has 0 aliphatic rings. The van der Waals surface area contributed by atoms with Crippen LogP contribution in [0.25, 0.3) is 0 Å². The summed E-state index contributed by atoms with van der Waals surface area (Å²) in [5, 5.41) is 11.4. The van der Waals surface area contributed by atoms with Crippen LogP contribution in [0.15, 0.2) is 0 Å². The van der Waals surface area contributed by atoms with E-state index in [1.54, 1.807) is 6.92 Å². The van der Waals surface area contributed by atoms with Crippen LogP contribution in [0.3, 0.4) is 0 Å². The van der Waals surface area contributed by atoms with E-state index in [1.807, 2.05) is 13.8 Å². The van der Waals surface area contributed by atoms with Gasteiger partial charge in [0.25, 0.3) is 0 Å². The normalized spacial score (nSPS) is 11.8. The molecule has 0 aromatic rings. The van der Waals surface area contributed by atoms with Crippen molar-refractivity contribution in [2.45, 2.75) is 33.2 Å². The van der Waals surface area contributed by atoms with E-state index in [0.717, 1.165) is 0 Å². The number of methoxy groups -OCH3 is 1. The van der Waals surface area contributed by atoms with Crippen LogP contribution < -0.4 is 5.32 Å². The van der Waals surface area contributed by atoms with Gasteiger partial charge in [-0.05, 0) is 12.8 Å². The fraction of sp³-hybridized carbons (Fsp3) is 0.750. The Balaban J connectivity index is 4.59. The molecular weight excluding hydrogens is 252 g/mol. The van der Waals surface area contributed by atoms with Crippen molar-refractivity contribution in [3.63, 3.8) is 0 Å². The molecule has 0 fully saturated rings. The number of urea groups is 1. The van der Waals surface area contributed by atoms with E-state index in [2.05, 4.69) is 10.1 Å². The van der Waals surface area contributed by atoms with Gasteiger partial charge in [0.2, 0.25) is 0 Å². The van der Waals surface area contributed by atoms with Gasteiger partial charge in [-0.3, -0.25) is 9.59 Å². The standard InChI is InChI=1S/C12H22N2O5/c1-5-14(7-11(17)19-4)12(18)13-9(8(2)3)6-10(15)16/h8-9H,5-7H2,1-4H3,(H,13,18)(H,15,16). The molecule has 0 saturated heterocycles. The lowest BCUT2D eigenvalue weighted by Crippen LogP contribution is -2.49. The maximum atomic E-state index is 11.9. The number of aliphatic carboxylic acids is 1. The van der Waals surface area contributed by atoms with E-state index in [4.69, 9.17) is 5.11 Å². The highest BCUT2D eigenvalue weighted by atomic mass is 16.5. The number of likely N-dealkylation sites (N-methyl/N-ethyl adjacent to an activating group) is 1. The number of esters is 1. The molecule has 0 heterocycles. The first-order valence-electron chi connectivity index (χ1n) is 6.15. The molecule has 0 aliphatic carbocycles. The molecule has 0 saturated carbocycles. The number of amides is 2. The summed E-state index contributed by atoms with van der Waals surface area (Å²) in [6.45, 7) is 5.55. The summed E-state index contributed by atoms with van der Waals surface area (Å²) in [7, 11) is 1.25. The van der Waals surface area contributed by atoms with Gasteiger partial charge in [-0.25, -0.2) is 4.79 Å². The first-order valence-corrected chi connectivity index (χ1v) is 6.15. The Hall–Kier alpha value is -1.79. The highest BCUT2D eigenvalue weighted by molar-refractivity contribution is 5.81. The minimum Gasteiger partial charge on any atom is -0.481 e. The van der Waals surface area contributed by atoms with Crippen LogP contribution in [-0.2, 0) is 14.3 Å². The van der Waals surface area contributed by atoms with Crippen molar-refractivity contribution in [3.8, 4) is 0 Å². The van der Waals surface area contributed by atoms with Crippen molar-refractivity contribution >= 4 is 18.0 Å². The lowest BCUT2D eigenvalue weighted by atomic mass is 10.0. The molecule has 0 aliphatic heterocycles. The van der Waals surface area contributed by atoms with Gasteiger partial charge < -0.3 is 20.1 Å².